The Labute approximate surface area is 120 Å². The molecule has 5 heteroatoms. The largest absolute Gasteiger partial charge is 0.460 e. The fraction of sp³-hybridized carbons (Fsp3) is 0.800. The van der Waals surface area contributed by atoms with Gasteiger partial charge in [-0.15, -0.1) is 0 Å². The van der Waals surface area contributed by atoms with E-state index < -0.39 is 18.2 Å². The van der Waals surface area contributed by atoms with E-state index in [9.17, 15) is 15.0 Å². The van der Waals surface area contributed by atoms with Crippen molar-refractivity contribution < 1.29 is 24.5 Å². The Bertz CT molecular complexity index is 370. The molecule has 1 aliphatic rings. The van der Waals surface area contributed by atoms with E-state index in [-0.39, 0.29) is 30.1 Å². The summed E-state index contributed by atoms with van der Waals surface area (Å²) in [6.07, 6.45) is -1.49. The van der Waals surface area contributed by atoms with Gasteiger partial charge >= 0.3 is 5.97 Å². The van der Waals surface area contributed by atoms with Crippen LogP contribution in [0.25, 0.3) is 0 Å². The molecule has 5 nitrogen and oxygen atoms in total. The number of aliphatic hydroxyl groups excluding tert-OH is 2. The quantitative estimate of drug-likeness (QED) is 0.568. The van der Waals surface area contributed by atoms with Gasteiger partial charge in [-0.3, -0.25) is 0 Å². The van der Waals surface area contributed by atoms with Gasteiger partial charge in [-0.25, -0.2) is 4.79 Å². The third-order valence-electron chi connectivity index (χ3n) is 3.97. The summed E-state index contributed by atoms with van der Waals surface area (Å²) in [5, 5.41) is 19.8. The summed E-state index contributed by atoms with van der Waals surface area (Å²) in [6, 6.07) is 0. The van der Waals surface area contributed by atoms with Crippen LogP contribution in [0.4, 0.5) is 0 Å². The maximum Gasteiger partial charge on any atom is 0.333 e. The molecule has 1 aliphatic carbocycles. The van der Waals surface area contributed by atoms with Gasteiger partial charge in [-0.2, -0.15) is 0 Å². The molecule has 0 aromatic rings. The summed E-state index contributed by atoms with van der Waals surface area (Å²) in [5.41, 5.74) is -0.405. The summed E-state index contributed by atoms with van der Waals surface area (Å²) in [4.78, 5) is 11.2. The van der Waals surface area contributed by atoms with Gasteiger partial charge in [-0.1, -0.05) is 34.3 Å². The first-order valence-corrected chi connectivity index (χ1v) is 6.81. The highest BCUT2D eigenvalue weighted by Gasteiger charge is 2.62. The molecule has 0 aliphatic heterocycles. The molecular weight excluding hydrogens is 260 g/mol. The van der Waals surface area contributed by atoms with Crippen molar-refractivity contribution in [2.75, 3.05) is 13.2 Å². The number of carbonyl (C=O) groups is 1. The predicted molar refractivity (Wildman–Crippen MR) is 75.1 cm³/mol. The van der Waals surface area contributed by atoms with E-state index in [1.165, 1.54) is 0 Å². The van der Waals surface area contributed by atoms with E-state index in [1.54, 1.807) is 6.92 Å². The first-order valence-electron chi connectivity index (χ1n) is 6.81. The zero-order chi connectivity index (χ0) is 15.7. The van der Waals surface area contributed by atoms with Gasteiger partial charge in [0.05, 0.1) is 18.8 Å². The summed E-state index contributed by atoms with van der Waals surface area (Å²) in [7, 11) is 0. The van der Waals surface area contributed by atoms with E-state index in [2.05, 4.69) is 6.58 Å². The van der Waals surface area contributed by atoms with E-state index in [0.29, 0.717) is 5.57 Å². The highest BCUT2D eigenvalue weighted by Crippen LogP contribution is 2.55. The van der Waals surface area contributed by atoms with Crippen molar-refractivity contribution in [3.05, 3.63) is 12.2 Å². The molecule has 116 valence electrons. The van der Waals surface area contributed by atoms with Crippen molar-refractivity contribution in [2.45, 2.75) is 52.9 Å². The summed E-state index contributed by atoms with van der Waals surface area (Å²) < 4.78 is 10.6. The van der Waals surface area contributed by atoms with Crippen molar-refractivity contribution in [2.24, 2.45) is 10.8 Å². The lowest BCUT2D eigenvalue weighted by Gasteiger charge is -2.61. The highest BCUT2D eigenvalue weighted by atomic mass is 16.6. The average Bonchev–Trinajstić information content (AvgIpc) is 2.34. The summed E-state index contributed by atoms with van der Waals surface area (Å²) in [6.45, 7) is 12.7. The maximum atomic E-state index is 11.2. The molecular formula is C15H26O5. The molecule has 1 rings (SSSR count). The monoisotopic (exact) mass is 286 g/mol. The van der Waals surface area contributed by atoms with Gasteiger partial charge in [0.25, 0.3) is 0 Å². The molecule has 0 radical (unpaired) electrons. The molecule has 1 fully saturated rings. The first-order chi connectivity index (χ1) is 9.01. The molecule has 0 aromatic heterocycles. The Hall–Kier alpha value is -0.910. The number of rotatable bonds is 6. The van der Waals surface area contributed by atoms with Crippen molar-refractivity contribution >= 4 is 5.97 Å². The molecule has 1 unspecified atom stereocenters. The minimum Gasteiger partial charge on any atom is -0.460 e. The number of aliphatic hydroxyl groups is 2. The van der Waals surface area contributed by atoms with Crippen LogP contribution in [0.5, 0.6) is 0 Å². The van der Waals surface area contributed by atoms with E-state index in [4.69, 9.17) is 9.47 Å². The van der Waals surface area contributed by atoms with Crippen LogP contribution in [0.1, 0.15) is 34.6 Å². The standard InChI is InChI=1S/C15H26O5/c1-9(2)11(17)19-7-10(16)8-20-13-14(3,4)12(18)15(13,5)6/h10,12-13,16,18H,1,7-8H2,2-6H3. The van der Waals surface area contributed by atoms with E-state index in [0.717, 1.165) is 0 Å². The topological polar surface area (TPSA) is 76.0 Å². The van der Waals surface area contributed by atoms with Crippen molar-refractivity contribution in [3.8, 4) is 0 Å². The number of hydrogen-bond acceptors (Lipinski definition) is 5. The van der Waals surface area contributed by atoms with Gasteiger partial charge < -0.3 is 19.7 Å². The average molecular weight is 286 g/mol. The minimum atomic E-state index is -0.886. The summed E-state index contributed by atoms with van der Waals surface area (Å²) >= 11 is 0. The molecule has 2 N–H and O–H groups in total. The molecule has 0 heterocycles. The van der Waals surface area contributed by atoms with Gasteiger partial charge in [0.1, 0.15) is 12.7 Å². The number of carbonyl (C=O) groups excluding carboxylic acids is 1. The maximum absolute atomic E-state index is 11.2. The normalized spacial score (nSPS) is 28.4. The van der Waals surface area contributed by atoms with Gasteiger partial charge in [0.15, 0.2) is 0 Å². The molecule has 0 amide bonds. The molecule has 0 bridgehead atoms. The van der Waals surface area contributed by atoms with E-state index >= 15 is 0 Å². The fourth-order valence-electron chi connectivity index (χ4n) is 3.09. The third-order valence-corrected chi connectivity index (χ3v) is 3.97. The Morgan fingerprint density at radius 2 is 1.75 bits per heavy atom. The summed E-state index contributed by atoms with van der Waals surface area (Å²) in [5.74, 6) is -0.524. The van der Waals surface area contributed by atoms with Crippen LogP contribution in [0.2, 0.25) is 0 Å². The Morgan fingerprint density at radius 3 is 2.20 bits per heavy atom. The fourth-order valence-corrected chi connectivity index (χ4v) is 3.09. The van der Waals surface area contributed by atoms with Crippen molar-refractivity contribution in [1.82, 2.24) is 0 Å². The predicted octanol–water partition coefficient (Wildman–Crippen LogP) is 1.28. The van der Waals surface area contributed by atoms with Gasteiger partial charge in [0.2, 0.25) is 0 Å². The molecule has 0 spiro atoms. The Kier molecular flexibility index (Phi) is 5.00. The lowest BCUT2D eigenvalue weighted by Crippen LogP contribution is -2.68. The van der Waals surface area contributed by atoms with Crippen LogP contribution >= 0.6 is 0 Å². The van der Waals surface area contributed by atoms with Crippen LogP contribution in [0.3, 0.4) is 0 Å². The SMILES string of the molecule is C=C(C)C(=O)OCC(O)COC1C(C)(C)C(O)C1(C)C. The van der Waals surface area contributed by atoms with Gasteiger partial charge in [0, 0.05) is 16.4 Å². The Morgan fingerprint density at radius 1 is 1.25 bits per heavy atom. The van der Waals surface area contributed by atoms with Crippen LogP contribution in [0, 0.1) is 10.8 Å². The molecule has 20 heavy (non-hydrogen) atoms. The second kappa shape index (κ2) is 5.84. The van der Waals surface area contributed by atoms with Crippen LogP contribution in [-0.4, -0.2) is 47.7 Å². The zero-order valence-corrected chi connectivity index (χ0v) is 13.0. The molecule has 0 saturated heterocycles. The molecule has 1 atom stereocenters. The van der Waals surface area contributed by atoms with Crippen molar-refractivity contribution in [3.63, 3.8) is 0 Å². The Balaban J connectivity index is 2.40. The number of hydrogen-bond donors (Lipinski definition) is 2. The van der Waals surface area contributed by atoms with Crippen LogP contribution < -0.4 is 0 Å². The number of ether oxygens (including phenoxy) is 2. The van der Waals surface area contributed by atoms with Crippen LogP contribution in [0.15, 0.2) is 12.2 Å². The first kappa shape index (κ1) is 17.1. The molecule has 1 saturated carbocycles. The lowest BCUT2D eigenvalue weighted by atomic mass is 9.51. The smallest absolute Gasteiger partial charge is 0.333 e. The van der Waals surface area contributed by atoms with E-state index in [1.807, 2.05) is 27.7 Å². The highest BCUT2D eigenvalue weighted by molar-refractivity contribution is 5.86. The second-order valence-corrected chi connectivity index (χ2v) is 6.79. The third kappa shape index (κ3) is 3.22. The lowest BCUT2D eigenvalue weighted by molar-refractivity contribution is -0.272. The van der Waals surface area contributed by atoms with Gasteiger partial charge in [-0.05, 0) is 6.92 Å². The van der Waals surface area contributed by atoms with Crippen LogP contribution in [-0.2, 0) is 14.3 Å². The zero-order valence-electron chi connectivity index (χ0n) is 13.0. The van der Waals surface area contributed by atoms with Crippen molar-refractivity contribution in [1.29, 1.82) is 0 Å². The number of esters is 1. The molecule has 0 aromatic carbocycles. The second-order valence-electron chi connectivity index (χ2n) is 6.79. The minimum absolute atomic E-state index is 0.0632.